The molecule has 2 amide bonds. The number of carbonyl (C=O) groups excluding carboxylic acids is 3. The van der Waals surface area contributed by atoms with Gasteiger partial charge >= 0.3 is 0 Å². The molecule has 2 aliphatic heterocycles. The maximum Gasteiger partial charge on any atom is 0.293 e. The number of benzene rings is 1. The first-order chi connectivity index (χ1) is 19.4. The summed E-state index contributed by atoms with van der Waals surface area (Å²) in [4.78, 5) is 50.1. The quantitative estimate of drug-likeness (QED) is 0.235. The molecule has 2 aromatic heterocycles. The summed E-state index contributed by atoms with van der Waals surface area (Å²) < 4.78 is 6.71. The lowest BCUT2D eigenvalue weighted by molar-refractivity contribution is -0.129. The number of fused-ring (bicyclic) bond motifs is 1. The number of pyridine rings is 1. The summed E-state index contributed by atoms with van der Waals surface area (Å²) in [7, 11) is 0. The van der Waals surface area contributed by atoms with Crippen molar-refractivity contribution in [2.75, 3.05) is 65.5 Å². The fraction of sp³-hybridized carbons (Fsp3) is 0.448. The van der Waals surface area contributed by atoms with Crippen molar-refractivity contribution in [1.82, 2.24) is 29.2 Å². The Labute approximate surface area is 239 Å². The number of aromatic nitrogens is 2. The zero-order valence-electron chi connectivity index (χ0n) is 23.0. The van der Waals surface area contributed by atoms with Crippen molar-refractivity contribution in [3.8, 4) is 5.69 Å². The van der Waals surface area contributed by atoms with E-state index >= 15 is 0 Å². The van der Waals surface area contributed by atoms with Crippen LogP contribution in [0.4, 0.5) is 0 Å². The maximum absolute atomic E-state index is 13.9. The molecular formula is C29H35ClN6O4. The summed E-state index contributed by atoms with van der Waals surface area (Å²) >= 11 is 6.23. The third-order valence-corrected chi connectivity index (χ3v) is 8.03. The Balaban J connectivity index is 1.42. The van der Waals surface area contributed by atoms with Gasteiger partial charge in [-0.2, -0.15) is 0 Å². The van der Waals surface area contributed by atoms with E-state index < -0.39 is 0 Å². The van der Waals surface area contributed by atoms with Crippen LogP contribution in [0, 0.1) is 0 Å². The molecule has 0 radical (unpaired) electrons. The van der Waals surface area contributed by atoms with Crippen molar-refractivity contribution < 1.29 is 19.1 Å². The lowest BCUT2D eigenvalue weighted by Crippen LogP contribution is -2.50. The molecule has 5 rings (SSSR count). The van der Waals surface area contributed by atoms with E-state index in [2.05, 4.69) is 28.6 Å². The van der Waals surface area contributed by atoms with Crippen molar-refractivity contribution in [2.45, 2.75) is 19.9 Å². The predicted molar refractivity (Wildman–Crippen MR) is 153 cm³/mol. The minimum Gasteiger partial charge on any atom is -0.467 e. The highest BCUT2D eigenvalue weighted by Crippen LogP contribution is 2.28. The van der Waals surface area contributed by atoms with Gasteiger partial charge in [0.05, 0.1) is 11.2 Å². The Kier molecular flexibility index (Phi) is 8.68. The fourth-order valence-corrected chi connectivity index (χ4v) is 5.67. The molecule has 1 aromatic carbocycles. The molecule has 2 aliphatic rings. The molecule has 2 saturated heterocycles. The number of carbonyl (C=O) groups is 3. The lowest BCUT2D eigenvalue weighted by Gasteiger charge is -2.37. The third-order valence-electron chi connectivity index (χ3n) is 7.82. The molecule has 0 saturated carbocycles. The number of ether oxygens (including phenoxy) is 1. The predicted octanol–water partition coefficient (Wildman–Crippen LogP) is 2.78. The van der Waals surface area contributed by atoms with Gasteiger partial charge in [-0.15, -0.1) is 0 Å². The number of hydrogen-bond donors (Lipinski definition) is 0. The van der Waals surface area contributed by atoms with Gasteiger partial charge in [0, 0.05) is 82.1 Å². The van der Waals surface area contributed by atoms with E-state index in [0.29, 0.717) is 81.3 Å². The summed E-state index contributed by atoms with van der Waals surface area (Å²) in [6, 6.07) is 11.5. The first-order valence-corrected chi connectivity index (χ1v) is 14.1. The summed E-state index contributed by atoms with van der Waals surface area (Å²) in [6.07, 6.45) is 1.62. The average Bonchev–Trinajstić information content (AvgIpc) is 3.36. The molecule has 2 fully saturated rings. The van der Waals surface area contributed by atoms with Crippen molar-refractivity contribution in [2.24, 2.45) is 0 Å². The minimum atomic E-state index is -0.0920. The number of nitrogens with zero attached hydrogens (tertiary/aromatic N) is 6. The van der Waals surface area contributed by atoms with Gasteiger partial charge in [-0.3, -0.25) is 24.2 Å². The van der Waals surface area contributed by atoms with Crippen molar-refractivity contribution in [3.63, 3.8) is 0 Å². The number of hydrogen-bond acceptors (Lipinski definition) is 7. The first kappa shape index (κ1) is 28.1. The van der Waals surface area contributed by atoms with Crippen molar-refractivity contribution in [3.05, 3.63) is 59.0 Å². The fourth-order valence-electron chi connectivity index (χ4n) is 5.51. The Hall–Kier alpha value is -3.47. The van der Waals surface area contributed by atoms with Crippen LogP contribution in [0.5, 0.6) is 0 Å². The van der Waals surface area contributed by atoms with E-state index in [1.165, 1.54) is 0 Å². The zero-order chi connectivity index (χ0) is 28.2. The van der Waals surface area contributed by atoms with Crippen LogP contribution in [-0.2, 0) is 9.53 Å². The highest BCUT2D eigenvalue weighted by molar-refractivity contribution is 6.29. The van der Waals surface area contributed by atoms with E-state index in [-0.39, 0.29) is 11.8 Å². The van der Waals surface area contributed by atoms with Crippen LogP contribution in [0.1, 0.15) is 34.7 Å². The Morgan fingerprint density at radius 2 is 1.65 bits per heavy atom. The SMILES string of the molecule is CC(C)N1CCN(C(=O)c2ccc3c(c2)cc(C(=O)N2CCN(CCOC=O)CC2)n3-c2ccnc(Cl)c2)CC1. The number of rotatable bonds is 8. The van der Waals surface area contributed by atoms with Crippen LogP contribution in [0.25, 0.3) is 16.6 Å². The van der Waals surface area contributed by atoms with Gasteiger partial charge in [-0.05, 0) is 50.2 Å². The van der Waals surface area contributed by atoms with Gasteiger partial charge < -0.3 is 19.1 Å². The molecule has 0 bridgehead atoms. The molecule has 0 atom stereocenters. The highest BCUT2D eigenvalue weighted by Gasteiger charge is 2.27. The Morgan fingerprint density at radius 3 is 2.33 bits per heavy atom. The minimum absolute atomic E-state index is 0.00701. The van der Waals surface area contributed by atoms with Crippen LogP contribution in [0.15, 0.2) is 42.6 Å². The van der Waals surface area contributed by atoms with Gasteiger partial charge in [0.1, 0.15) is 17.5 Å². The van der Waals surface area contributed by atoms with E-state index in [1.54, 1.807) is 12.3 Å². The monoisotopic (exact) mass is 566 g/mol. The molecule has 11 heteroatoms. The van der Waals surface area contributed by atoms with Gasteiger partial charge in [-0.25, -0.2) is 4.98 Å². The Bertz CT molecular complexity index is 1380. The van der Waals surface area contributed by atoms with Crippen LogP contribution >= 0.6 is 11.6 Å². The summed E-state index contributed by atoms with van der Waals surface area (Å²) in [5.74, 6) is -0.0850. The van der Waals surface area contributed by atoms with Gasteiger partial charge in [0.2, 0.25) is 0 Å². The van der Waals surface area contributed by atoms with Crippen LogP contribution < -0.4 is 0 Å². The number of amides is 2. The maximum atomic E-state index is 13.9. The molecule has 3 aromatic rings. The molecule has 40 heavy (non-hydrogen) atoms. The molecule has 0 N–H and O–H groups in total. The van der Waals surface area contributed by atoms with Crippen LogP contribution in [0.3, 0.4) is 0 Å². The van der Waals surface area contributed by atoms with Crippen LogP contribution in [-0.4, -0.2) is 119 Å². The van der Waals surface area contributed by atoms with E-state index in [0.717, 1.165) is 29.7 Å². The third kappa shape index (κ3) is 5.99. The normalized spacial score (nSPS) is 17.0. The standard InChI is InChI=1S/C29H35ClN6O4/c1-21(2)33-11-13-34(14-12-33)28(38)22-3-4-25-23(17-22)18-26(36(25)24-5-6-31-27(30)19-24)29(39)35-9-7-32(8-10-35)15-16-40-20-37/h3-6,17-21H,7-16H2,1-2H3. The molecule has 0 unspecified atom stereocenters. The zero-order valence-corrected chi connectivity index (χ0v) is 23.7. The van der Waals surface area contributed by atoms with E-state index in [1.807, 2.05) is 44.7 Å². The smallest absolute Gasteiger partial charge is 0.293 e. The van der Waals surface area contributed by atoms with Gasteiger partial charge in [-0.1, -0.05) is 11.6 Å². The number of piperazine rings is 2. The molecule has 4 heterocycles. The summed E-state index contributed by atoms with van der Waals surface area (Å²) in [5.41, 5.74) is 2.66. The first-order valence-electron chi connectivity index (χ1n) is 13.7. The van der Waals surface area contributed by atoms with E-state index in [4.69, 9.17) is 16.3 Å². The van der Waals surface area contributed by atoms with Crippen molar-refractivity contribution >= 4 is 40.8 Å². The highest BCUT2D eigenvalue weighted by atomic mass is 35.5. The second-order valence-electron chi connectivity index (χ2n) is 10.5. The second-order valence-corrected chi connectivity index (χ2v) is 10.9. The largest absolute Gasteiger partial charge is 0.467 e. The average molecular weight is 567 g/mol. The molecule has 0 spiro atoms. The molecular weight excluding hydrogens is 532 g/mol. The second kappa shape index (κ2) is 12.4. The van der Waals surface area contributed by atoms with Crippen LogP contribution in [0.2, 0.25) is 5.15 Å². The van der Waals surface area contributed by atoms with Gasteiger partial charge in [0.15, 0.2) is 0 Å². The van der Waals surface area contributed by atoms with Crippen molar-refractivity contribution in [1.29, 1.82) is 0 Å². The summed E-state index contributed by atoms with van der Waals surface area (Å²) in [5, 5.41) is 1.14. The summed E-state index contributed by atoms with van der Waals surface area (Å²) in [6.45, 7) is 11.4. The number of halogens is 1. The molecule has 212 valence electrons. The lowest BCUT2D eigenvalue weighted by atomic mass is 10.1. The molecule has 0 aliphatic carbocycles. The Morgan fingerprint density at radius 1 is 0.950 bits per heavy atom. The molecule has 10 nitrogen and oxygen atoms in total. The van der Waals surface area contributed by atoms with E-state index in [9.17, 15) is 14.4 Å². The topological polar surface area (TPSA) is 91.2 Å². The van der Waals surface area contributed by atoms with Gasteiger partial charge in [0.25, 0.3) is 18.3 Å².